The second-order valence-electron chi connectivity index (χ2n) is 5.33. The van der Waals surface area contributed by atoms with Crippen LogP contribution < -0.4 is 5.73 Å². The summed E-state index contributed by atoms with van der Waals surface area (Å²) in [5.41, 5.74) is 6.55. The van der Waals surface area contributed by atoms with Crippen molar-refractivity contribution in [3.8, 4) is 0 Å². The van der Waals surface area contributed by atoms with Crippen LogP contribution in [-0.2, 0) is 19.9 Å². The van der Waals surface area contributed by atoms with E-state index in [2.05, 4.69) is 0 Å². The summed E-state index contributed by atoms with van der Waals surface area (Å²) in [6.07, 6.45) is 0.295. The van der Waals surface area contributed by atoms with E-state index < -0.39 is 40.2 Å². The minimum Gasteiger partial charge on any atom is -0.327 e. The summed E-state index contributed by atoms with van der Waals surface area (Å²) >= 11 is 0. The van der Waals surface area contributed by atoms with E-state index in [0.29, 0.717) is 16.3 Å². The second-order valence-corrected chi connectivity index (χ2v) is 6.62. The number of fused-ring (bicyclic) bond motifs is 1. The average molecular weight is 325 g/mol. The van der Waals surface area contributed by atoms with Crippen LogP contribution in [0, 0.1) is 0 Å². The normalized spacial score (nSPS) is 25.6. The third-order valence-corrected chi connectivity index (χ3v) is 5.04. The van der Waals surface area contributed by atoms with Crippen LogP contribution in [0.4, 0.5) is 0 Å². The van der Waals surface area contributed by atoms with Gasteiger partial charge in [0.05, 0.1) is 6.04 Å². The summed E-state index contributed by atoms with van der Waals surface area (Å²) in [5.74, 6) is -1.22. The molecule has 1 aromatic rings. The lowest BCUT2D eigenvalue weighted by Crippen LogP contribution is -2.68. The third kappa shape index (κ3) is 2.18. The van der Waals surface area contributed by atoms with Crippen LogP contribution in [0.25, 0.3) is 0 Å². The third-order valence-electron chi connectivity index (χ3n) is 4.09. The SMILES string of the molecule is N[C@@H](C(=O)N1CC[C@@H]2[C@H]1C(=O)N2S(=O)(=O)O)c1ccccc1. The number of likely N-dealkylation sites (tertiary alicyclic amines) is 1. The molecule has 9 heteroatoms. The standard InChI is InChI=1S/C13H15N3O5S/c14-10(8-4-2-1-3-5-8)12(17)15-7-6-9-11(15)13(18)16(9)22(19,20)21/h1-5,9-11H,6-7,14H2,(H,19,20,21)/t9-,10-,11+/m1/s1. The van der Waals surface area contributed by atoms with Crippen molar-refractivity contribution < 1.29 is 22.6 Å². The molecule has 0 radical (unpaired) electrons. The van der Waals surface area contributed by atoms with E-state index in [0.717, 1.165) is 0 Å². The second kappa shape index (κ2) is 5.04. The van der Waals surface area contributed by atoms with Crippen molar-refractivity contribution in [2.24, 2.45) is 5.73 Å². The molecule has 0 saturated carbocycles. The van der Waals surface area contributed by atoms with Crippen LogP contribution in [0.15, 0.2) is 30.3 Å². The lowest BCUT2D eigenvalue weighted by Gasteiger charge is -2.42. The van der Waals surface area contributed by atoms with Gasteiger partial charge in [-0.25, -0.2) is 4.31 Å². The highest BCUT2D eigenvalue weighted by Gasteiger charge is 2.60. The Hall–Kier alpha value is -1.97. The van der Waals surface area contributed by atoms with Crippen LogP contribution in [0.2, 0.25) is 0 Å². The van der Waals surface area contributed by atoms with E-state index in [1.54, 1.807) is 30.3 Å². The van der Waals surface area contributed by atoms with E-state index in [-0.39, 0.29) is 6.54 Å². The molecule has 2 aliphatic heterocycles. The van der Waals surface area contributed by atoms with Gasteiger partial charge in [-0.15, -0.1) is 0 Å². The Labute approximate surface area is 127 Å². The lowest BCUT2D eigenvalue weighted by atomic mass is 9.99. The average Bonchev–Trinajstić information content (AvgIpc) is 2.83. The maximum absolute atomic E-state index is 12.5. The minimum absolute atomic E-state index is 0.229. The van der Waals surface area contributed by atoms with Gasteiger partial charge in [0.2, 0.25) is 5.91 Å². The fourth-order valence-corrected chi connectivity index (χ4v) is 3.94. The highest BCUT2D eigenvalue weighted by Crippen LogP contribution is 2.36. The molecular weight excluding hydrogens is 310 g/mol. The molecule has 0 bridgehead atoms. The Morgan fingerprint density at radius 1 is 1.32 bits per heavy atom. The molecule has 3 rings (SSSR count). The van der Waals surface area contributed by atoms with Crippen molar-refractivity contribution >= 4 is 22.1 Å². The molecule has 0 aliphatic carbocycles. The molecule has 3 N–H and O–H groups in total. The topological polar surface area (TPSA) is 121 Å². The predicted molar refractivity (Wildman–Crippen MR) is 75.7 cm³/mol. The molecule has 22 heavy (non-hydrogen) atoms. The van der Waals surface area contributed by atoms with E-state index in [1.807, 2.05) is 0 Å². The van der Waals surface area contributed by atoms with E-state index in [1.165, 1.54) is 4.90 Å². The fourth-order valence-electron chi connectivity index (χ4n) is 3.04. The zero-order valence-electron chi connectivity index (χ0n) is 11.5. The lowest BCUT2D eigenvalue weighted by molar-refractivity contribution is -0.152. The summed E-state index contributed by atoms with van der Waals surface area (Å²) in [6, 6.07) is 6.26. The van der Waals surface area contributed by atoms with Gasteiger partial charge in [0, 0.05) is 6.54 Å². The Kier molecular flexibility index (Phi) is 3.42. The largest absolute Gasteiger partial charge is 0.362 e. The first-order valence-electron chi connectivity index (χ1n) is 6.74. The number of hydrogen-bond donors (Lipinski definition) is 2. The number of amides is 2. The number of nitrogens with two attached hydrogens (primary N) is 1. The Morgan fingerprint density at radius 2 is 1.95 bits per heavy atom. The number of carbonyl (C=O) groups excluding carboxylic acids is 2. The van der Waals surface area contributed by atoms with E-state index in [9.17, 15) is 18.0 Å². The smallest absolute Gasteiger partial charge is 0.327 e. The summed E-state index contributed by atoms with van der Waals surface area (Å²) in [6.45, 7) is 0.229. The molecule has 0 spiro atoms. The quantitative estimate of drug-likeness (QED) is 0.560. The number of carbonyl (C=O) groups is 2. The van der Waals surface area contributed by atoms with Crippen molar-refractivity contribution in [1.82, 2.24) is 9.21 Å². The first-order valence-corrected chi connectivity index (χ1v) is 8.14. The number of β-lactam (4-membered cyclic amide) rings is 1. The van der Waals surface area contributed by atoms with E-state index in [4.69, 9.17) is 10.3 Å². The predicted octanol–water partition coefficient (Wildman–Crippen LogP) is -0.699. The molecule has 2 fully saturated rings. The maximum atomic E-state index is 12.5. The van der Waals surface area contributed by atoms with Gasteiger partial charge in [-0.2, -0.15) is 8.42 Å². The Bertz CT molecular complexity index is 720. The van der Waals surface area contributed by atoms with Gasteiger partial charge in [0.1, 0.15) is 12.1 Å². The summed E-state index contributed by atoms with van der Waals surface area (Å²) < 4.78 is 31.7. The minimum atomic E-state index is -4.58. The molecule has 2 amide bonds. The van der Waals surface area contributed by atoms with Crippen LogP contribution in [0.3, 0.4) is 0 Å². The van der Waals surface area contributed by atoms with Crippen molar-refractivity contribution in [3.63, 3.8) is 0 Å². The zero-order chi connectivity index (χ0) is 16.1. The van der Waals surface area contributed by atoms with Gasteiger partial charge in [-0.1, -0.05) is 30.3 Å². The van der Waals surface area contributed by atoms with Gasteiger partial charge >= 0.3 is 10.3 Å². The molecular formula is C13H15N3O5S. The molecule has 2 heterocycles. The number of rotatable bonds is 3. The zero-order valence-corrected chi connectivity index (χ0v) is 12.3. The Balaban J connectivity index is 1.78. The molecule has 3 atom stereocenters. The summed E-state index contributed by atoms with van der Waals surface area (Å²) in [7, 11) is -4.58. The number of benzene rings is 1. The summed E-state index contributed by atoms with van der Waals surface area (Å²) in [5, 5.41) is 0. The maximum Gasteiger partial charge on any atom is 0.362 e. The summed E-state index contributed by atoms with van der Waals surface area (Å²) in [4.78, 5) is 25.7. The van der Waals surface area contributed by atoms with Gasteiger partial charge in [-0.3, -0.25) is 14.1 Å². The van der Waals surface area contributed by atoms with Crippen LogP contribution in [-0.4, -0.2) is 52.6 Å². The number of nitrogens with zero attached hydrogens (tertiary/aromatic N) is 2. The molecule has 2 saturated heterocycles. The molecule has 2 aliphatic rings. The van der Waals surface area contributed by atoms with Crippen LogP contribution in [0.1, 0.15) is 18.0 Å². The first-order chi connectivity index (χ1) is 10.3. The van der Waals surface area contributed by atoms with Crippen LogP contribution in [0.5, 0.6) is 0 Å². The highest BCUT2D eigenvalue weighted by atomic mass is 32.2. The van der Waals surface area contributed by atoms with E-state index >= 15 is 0 Å². The van der Waals surface area contributed by atoms with Crippen molar-refractivity contribution in [2.75, 3.05) is 6.54 Å². The molecule has 1 aromatic carbocycles. The molecule has 0 unspecified atom stereocenters. The highest BCUT2D eigenvalue weighted by molar-refractivity contribution is 7.84. The fraction of sp³-hybridized carbons (Fsp3) is 0.385. The Morgan fingerprint density at radius 3 is 2.55 bits per heavy atom. The first kappa shape index (κ1) is 14.9. The van der Waals surface area contributed by atoms with Crippen molar-refractivity contribution in [3.05, 3.63) is 35.9 Å². The molecule has 0 aromatic heterocycles. The van der Waals surface area contributed by atoms with Gasteiger partial charge < -0.3 is 10.6 Å². The van der Waals surface area contributed by atoms with Gasteiger partial charge in [-0.05, 0) is 12.0 Å². The van der Waals surface area contributed by atoms with Crippen molar-refractivity contribution in [1.29, 1.82) is 0 Å². The van der Waals surface area contributed by atoms with Gasteiger partial charge in [0.25, 0.3) is 5.91 Å². The monoisotopic (exact) mass is 325 g/mol. The van der Waals surface area contributed by atoms with Crippen molar-refractivity contribution in [2.45, 2.75) is 24.5 Å². The molecule has 118 valence electrons. The molecule has 8 nitrogen and oxygen atoms in total. The number of hydrogen-bond acceptors (Lipinski definition) is 5. The van der Waals surface area contributed by atoms with Gasteiger partial charge in [0.15, 0.2) is 0 Å². The van der Waals surface area contributed by atoms with Crippen LogP contribution >= 0.6 is 0 Å².